The Morgan fingerprint density at radius 3 is 2.55 bits per heavy atom. The van der Waals surface area contributed by atoms with E-state index in [-0.39, 0.29) is 29.7 Å². The lowest BCUT2D eigenvalue weighted by Crippen LogP contribution is -2.34. The van der Waals surface area contributed by atoms with Gasteiger partial charge in [0.15, 0.2) is 0 Å². The Balaban J connectivity index is 2.82. The van der Waals surface area contributed by atoms with E-state index in [9.17, 15) is 18.0 Å². The first-order chi connectivity index (χ1) is 9.24. The van der Waals surface area contributed by atoms with E-state index < -0.39 is 11.7 Å². The van der Waals surface area contributed by atoms with E-state index in [2.05, 4.69) is 10.6 Å². The Labute approximate surface area is 114 Å². The summed E-state index contributed by atoms with van der Waals surface area (Å²) in [6.45, 7) is 3.46. The molecule has 0 fully saturated rings. The predicted molar refractivity (Wildman–Crippen MR) is 67.9 cm³/mol. The van der Waals surface area contributed by atoms with Crippen LogP contribution in [0.25, 0.3) is 0 Å². The number of halogens is 3. The highest BCUT2D eigenvalue weighted by atomic mass is 19.4. The molecule has 0 unspecified atom stereocenters. The molecule has 1 aromatic rings. The number of benzene rings is 1. The van der Waals surface area contributed by atoms with E-state index in [4.69, 9.17) is 5.26 Å². The lowest BCUT2D eigenvalue weighted by atomic mass is 10.1. The van der Waals surface area contributed by atoms with Crippen molar-refractivity contribution in [2.24, 2.45) is 0 Å². The molecule has 20 heavy (non-hydrogen) atoms. The number of nitrogens with one attached hydrogen (secondary N) is 2. The van der Waals surface area contributed by atoms with Crippen LogP contribution in [0.1, 0.15) is 25.0 Å². The molecule has 0 spiro atoms. The molecular formula is C13H14F3N3O. The SMILES string of the molecule is CC(C)NC(=O)CNc1ccc(C(F)(F)F)cc1C#N. The van der Waals surface area contributed by atoms with E-state index in [1.807, 2.05) is 0 Å². The monoisotopic (exact) mass is 285 g/mol. The number of rotatable bonds is 4. The van der Waals surface area contributed by atoms with Crippen LogP contribution in [0.15, 0.2) is 18.2 Å². The molecule has 0 aromatic heterocycles. The van der Waals surface area contributed by atoms with Gasteiger partial charge in [-0.3, -0.25) is 4.79 Å². The van der Waals surface area contributed by atoms with Crippen molar-refractivity contribution in [1.82, 2.24) is 5.32 Å². The van der Waals surface area contributed by atoms with Crippen molar-refractivity contribution in [1.29, 1.82) is 5.26 Å². The summed E-state index contributed by atoms with van der Waals surface area (Å²) in [4.78, 5) is 11.4. The minimum Gasteiger partial charge on any atom is -0.375 e. The summed E-state index contributed by atoms with van der Waals surface area (Å²) in [6.07, 6.45) is -4.50. The fourth-order valence-electron chi connectivity index (χ4n) is 1.52. The lowest BCUT2D eigenvalue weighted by Gasteiger charge is -2.12. The molecule has 0 bridgehead atoms. The van der Waals surface area contributed by atoms with Crippen molar-refractivity contribution in [3.05, 3.63) is 29.3 Å². The number of nitriles is 1. The third kappa shape index (κ3) is 4.46. The number of hydrogen-bond donors (Lipinski definition) is 2. The maximum atomic E-state index is 12.5. The molecule has 4 nitrogen and oxygen atoms in total. The number of amides is 1. The number of carbonyl (C=O) groups excluding carboxylic acids is 1. The zero-order chi connectivity index (χ0) is 15.3. The number of carbonyl (C=O) groups is 1. The molecule has 0 radical (unpaired) electrons. The topological polar surface area (TPSA) is 64.9 Å². The molecule has 108 valence electrons. The summed E-state index contributed by atoms with van der Waals surface area (Å²) < 4.78 is 37.5. The van der Waals surface area contributed by atoms with Crippen molar-refractivity contribution in [2.45, 2.75) is 26.1 Å². The summed E-state index contributed by atoms with van der Waals surface area (Å²) in [5.74, 6) is -0.302. The Morgan fingerprint density at radius 1 is 1.40 bits per heavy atom. The Hall–Kier alpha value is -2.23. The van der Waals surface area contributed by atoms with Crippen LogP contribution >= 0.6 is 0 Å². The van der Waals surface area contributed by atoms with Gasteiger partial charge in [-0.05, 0) is 32.0 Å². The molecule has 0 aliphatic heterocycles. The maximum Gasteiger partial charge on any atom is 0.416 e. The second-order valence-corrected chi connectivity index (χ2v) is 4.45. The lowest BCUT2D eigenvalue weighted by molar-refractivity contribution is -0.137. The fourth-order valence-corrected chi connectivity index (χ4v) is 1.52. The first-order valence-electron chi connectivity index (χ1n) is 5.88. The molecule has 1 amide bonds. The summed E-state index contributed by atoms with van der Waals surface area (Å²) in [6, 6.07) is 4.40. The van der Waals surface area contributed by atoms with Crippen LogP contribution in [0.4, 0.5) is 18.9 Å². The summed E-state index contributed by atoms with van der Waals surface area (Å²) >= 11 is 0. The normalized spacial score (nSPS) is 11.1. The van der Waals surface area contributed by atoms with Gasteiger partial charge in [0.25, 0.3) is 0 Å². The third-order valence-corrected chi connectivity index (χ3v) is 2.36. The average Bonchev–Trinajstić information content (AvgIpc) is 2.34. The molecular weight excluding hydrogens is 271 g/mol. The summed E-state index contributed by atoms with van der Waals surface area (Å²) in [5.41, 5.74) is -0.859. The smallest absolute Gasteiger partial charge is 0.375 e. The van der Waals surface area contributed by atoms with E-state index >= 15 is 0 Å². The van der Waals surface area contributed by atoms with Gasteiger partial charge < -0.3 is 10.6 Å². The van der Waals surface area contributed by atoms with Crippen molar-refractivity contribution in [2.75, 3.05) is 11.9 Å². The molecule has 0 saturated carbocycles. The van der Waals surface area contributed by atoms with Gasteiger partial charge in [-0.15, -0.1) is 0 Å². The Kier molecular flexibility index (Phi) is 4.97. The van der Waals surface area contributed by atoms with Crippen molar-refractivity contribution < 1.29 is 18.0 Å². The van der Waals surface area contributed by atoms with Gasteiger partial charge in [0.2, 0.25) is 5.91 Å². The highest BCUT2D eigenvalue weighted by molar-refractivity contribution is 5.81. The highest BCUT2D eigenvalue weighted by Crippen LogP contribution is 2.31. The molecule has 0 saturated heterocycles. The molecule has 7 heteroatoms. The number of hydrogen-bond acceptors (Lipinski definition) is 3. The van der Waals surface area contributed by atoms with Crippen molar-refractivity contribution in [3.63, 3.8) is 0 Å². The van der Waals surface area contributed by atoms with E-state index in [1.54, 1.807) is 19.9 Å². The van der Waals surface area contributed by atoms with Crippen LogP contribution < -0.4 is 10.6 Å². The quantitative estimate of drug-likeness (QED) is 0.893. The van der Waals surface area contributed by atoms with Crippen LogP contribution in [0, 0.1) is 11.3 Å². The van der Waals surface area contributed by atoms with Crippen LogP contribution in [0.3, 0.4) is 0 Å². The second-order valence-electron chi connectivity index (χ2n) is 4.45. The van der Waals surface area contributed by atoms with Gasteiger partial charge in [0.05, 0.1) is 23.4 Å². The summed E-state index contributed by atoms with van der Waals surface area (Å²) in [5, 5.41) is 14.1. The first-order valence-corrected chi connectivity index (χ1v) is 5.88. The molecule has 0 atom stereocenters. The number of anilines is 1. The van der Waals surface area contributed by atoms with Gasteiger partial charge in [-0.2, -0.15) is 18.4 Å². The molecule has 1 aromatic carbocycles. The van der Waals surface area contributed by atoms with Crippen LogP contribution in [-0.2, 0) is 11.0 Å². The van der Waals surface area contributed by atoms with Gasteiger partial charge >= 0.3 is 6.18 Å². The average molecular weight is 285 g/mol. The maximum absolute atomic E-state index is 12.5. The largest absolute Gasteiger partial charge is 0.416 e. The summed E-state index contributed by atoms with van der Waals surface area (Å²) in [7, 11) is 0. The highest BCUT2D eigenvalue weighted by Gasteiger charge is 2.31. The van der Waals surface area contributed by atoms with Gasteiger partial charge in [-0.1, -0.05) is 0 Å². The van der Waals surface area contributed by atoms with Gasteiger partial charge in [0, 0.05) is 6.04 Å². The Morgan fingerprint density at radius 2 is 2.05 bits per heavy atom. The molecule has 1 rings (SSSR count). The minimum atomic E-state index is -4.50. The third-order valence-electron chi connectivity index (χ3n) is 2.36. The molecule has 0 heterocycles. The van der Waals surface area contributed by atoms with Crippen LogP contribution in [0.5, 0.6) is 0 Å². The minimum absolute atomic E-state index is 0.0349. The first kappa shape index (κ1) is 15.8. The molecule has 0 aliphatic rings. The number of nitrogens with zero attached hydrogens (tertiary/aromatic N) is 1. The van der Waals surface area contributed by atoms with Gasteiger partial charge in [-0.25, -0.2) is 0 Å². The van der Waals surface area contributed by atoms with Crippen LogP contribution in [-0.4, -0.2) is 18.5 Å². The zero-order valence-corrected chi connectivity index (χ0v) is 11.0. The van der Waals surface area contributed by atoms with E-state index in [0.29, 0.717) is 0 Å². The Bertz CT molecular complexity index is 533. The predicted octanol–water partition coefficient (Wildman–Crippen LogP) is 2.51. The van der Waals surface area contributed by atoms with Crippen molar-refractivity contribution >= 4 is 11.6 Å². The number of alkyl halides is 3. The molecule has 2 N–H and O–H groups in total. The van der Waals surface area contributed by atoms with E-state index in [0.717, 1.165) is 18.2 Å². The fraction of sp³-hybridized carbons (Fsp3) is 0.385. The van der Waals surface area contributed by atoms with Crippen LogP contribution in [0.2, 0.25) is 0 Å². The van der Waals surface area contributed by atoms with E-state index in [1.165, 1.54) is 0 Å². The standard InChI is InChI=1S/C13H14F3N3O/c1-8(2)19-12(20)7-18-11-4-3-10(13(14,15)16)5-9(11)6-17/h3-5,8,18H,7H2,1-2H3,(H,19,20). The van der Waals surface area contributed by atoms with Gasteiger partial charge in [0.1, 0.15) is 6.07 Å². The zero-order valence-electron chi connectivity index (χ0n) is 11.0. The second kappa shape index (κ2) is 6.28. The molecule has 0 aliphatic carbocycles. The van der Waals surface area contributed by atoms with Crippen molar-refractivity contribution in [3.8, 4) is 6.07 Å².